The molecule has 2 heterocycles. The van der Waals surface area contributed by atoms with Gasteiger partial charge in [0.25, 0.3) is 5.91 Å². The average Bonchev–Trinajstić information content (AvgIpc) is 3.02. The molecule has 1 aromatic carbocycles. The highest BCUT2D eigenvalue weighted by Gasteiger charge is 2.12. The Bertz CT molecular complexity index is 772. The summed E-state index contributed by atoms with van der Waals surface area (Å²) in [5, 5.41) is 2.63. The molecular formula is C15H10FN3O2. The number of hydrogen-bond donors (Lipinski definition) is 1. The normalized spacial score (nSPS) is 10.3. The van der Waals surface area contributed by atoms with Crippen LogP contribution in [-0.4, -0.2) is 15.9 Å². The van der Waals surface area contributed by atoms with Gasteiger partial charge in [-0.05, 0) is 18.2 Å². The zero-order valence-corrected chi connectivity index (χ0v) is 10.8. The maximum absolute atomic E-state index is 13.5. The van der Waals surface area contributed by atoms with Gasteiger partial charge in [0.2, 0.25) is 0 Å². The number of nitrogens with zero attached hydrogens (tertiary/aromatic N) is 2. The van der Waals surface area contributed by atoms with Gasteiger partial charge in [-0.3, -0.25) is 9.78 Å². The fourth-order valence-electron chi connectivity index (χ4n) is 1.87. The summed E-state index contributed by atoms with van der Waals surface area (Å²) in [5.41, 5.74) is 1.24. The summed E-state index contributed by atoms with van der Waals surface area (Å²) >= 11 is 0. The summed E-state index contributed by atoms with van der Waals surface area (Å²) in [7, 11) is 0. The Labute approximate surface area is 119 Å². The van der Waals surface area contributed by atoms with E-state index in [0.29, 0.717) is 11.4 Å². The predicted octanol–water partition coefficient (Wildman–Crippen LogP) is 3.13. The molecule has 0 spiro atoms. The molecule has 0 fully saturated rings. The van der Waals surface area contributed by atoms with Crippen LogP contribution in [-0.2, 0) is 0 Å². The molecular weight excluding hydrogens is 273 g/mol. The number of nitrogens with one attached hydrogen (secondary N) is 1. The predicted molar refractivity (Wildman–Crippen MR) is 74.1 cm³/mol. The van der Waals surface area contributed by atoms with E-state index in [-0.39, 0.29) is 5.56 Å². The molecule has 21 heavy (non-hydrogen) atoms. The zero-order valence-electron chi connectivity index (χ0n) is 10.8. The van der Waals surface area contributed by atoms with Crippen LogP contribution in [0.3, 0.4) is 0 Å². The molecule has 0 saturated heterocycles. The molecule has 0 aliphatic heterocycles. The van der Waals surface area contributed by atoms with Crippen molar-refractivity contribution in [1.82, 2.24) is 9.97 Å². The lowest BCUT2D eigenvalue weighted by atomic mass is 10.1. The molecule has 3 rings (SSSR count). The van der Waals surface area contributed by atoms with Gasteiger partial charge in [-0.15, -0.1) is 0 Å². The summed E-state index contributed by atoms with van der Waals surface area (Å²) in [6, 6.07) is 8.33. The number of benzene rings is 1. The first-order valence-electron chi connectivity index (χ1n) is 6.14. The lowest BCUT2D eigenvalue weighted by Crippen LogP contribution is -2.13. The van der Waals surface area contributed by atoms with Gasteiger partial charge in [0.15, 0.2) is 18.0 Å². The van der Waals surface area contributed by atoms with E-state index in [2.05, 4.69) is 15.3 Å². The molecule has 6 heteroatoms. The highest BCUT2D eigenvalue weighted by Crippen LogP contribution is 2.22. The van der Waals surface area contributed by atoms with Gasteiger partial charge < -0.3 is 9.73 Å². The van der Waals surface area contributed by atoms with Crippen LogP contribution in [0.15, 0.2) is 59.7 Å². The Morgan fingerprint density at radius 3 is 2.86 bits per heavy atom. The van der Waals surface area contributed by atoms with E-state index in [1.54, 1.807) is 24.4 Å². The third-order valence-electron chi connectivity index (χ3n) is 2.85. The number of aromatic nitrogens is 2. The topological polar surface area (TPSA) is 68.0 Å². The molecule has 0 bridgehead atoms. The highest BCUT2D eigenvalue weighted by molar-refractivity contribution is 6.04. The largest absolute Gasteiger partial charge is 0.444 e. The number of hydrogen-bond acceptors (Lipinski definition) is 4. The number of oxazole rings is 1. The van der Waals surface area contributed by atoms with Crippen LogP contribution in [0.2, 0.25) is 0 Å². The van der Waals surface area contributed by atoms with Crippen molar-refractivity contribution in [3.8, 4) is 11.3 Å². The van der Waals surface area contributed by atoms with Crippen molar-refractivity contribution in [2.24, 2.45) is 0 Å². The first-order chi connectivity index (χ1) is 10.2. The van der Waals surface area contributed by atoms with Gasteiger partial charge in [-0.1, -0.05) is 12.1 Å². The van der Waals surface area contributed by atoms with Gasteiger partial charge in [0.05, 0.1) is 18.0 Å². The first-order valence-corrected chi connectivity index (χ1v) is 6.14. The fraction of sp³-hybridized carbons (Fsp3) is 0. The van der Waals surface area contributed by atoms with Crippen LogP contribution in [0.1, 0.15) is 10.4 Å². The molecule has 0 saturated carbocycles. The number of rotatable bonds is 3. The lowest BCUT2D eigenvalue weighted by Gasteiger charge is -2.07. The quantitative estimate of drug-likeness (QED) is 0.801. The number of pyridine rings is 1. The molecule has 0 atom stereocenters. The second kappa shape index (κ2) is 5.54. The number of amides is 1. The second-order valence-electron chi connectivity index (χ2n) is 4.26. The summed E-state index contributed by atoms with van der Waals surface area (Å²) in [4.78, 5) is 19.5. The van der Waals surface area contributed by atoms with Crippen molar-refractivity contribution in [3.05, 3.63) is 66.7 Å². The van der Waals surface area contributed by atoms with E-state index >= 15 is 0 Å². The zero-order chi connectivity index (χ0) is 14.7. The summed E-state index contributed by atoms with van der Waals surface area (Å²) in [6.07, 6.45) is 5.26. The van der Waals surface area contributed by atoms with Crippen molar-refractivity contribution in [2.75, 3.05) is 5.32 Å². The Morgan fingerprint density at radius 1 is 1.19 bits per heavy atom. The Hall–Kier alpha value is -3.02. The Kier molecular flexibility index (Phi) is 3.42. The van der Waals surface area contributed by atoms with Gasteiger partial charge in [0, 0.05) is 17.4 Å². The lowest BCUT2D eigenvalue weighted by molar-refractivity contribution is 0.102. The summed E-state index contributed by atoms with van der Waals surface area (Å²) in [5.74, 6) is -0.618. The Balaban J connectivity index is 1.84. The third-order valence-corrected chi connectivity index (χ3v) is 2.85. The van der Waals surface area contributed by atoms with E-state index < -0.39 is 11.7 Å². The highest BCUT2D eigenvalue weighted by atomic mass is 19.1. The molecule has 5 nitrogen and oxygen atoms in total. The van der Waals surface area contributed by atoms with Crippen LogP contribution >= 0.6 is 0 Å². The van der Waals surface area contributed by atoms with E-state index in [1.807, 2.05) is 6.07 Å². The molecule has 1 N–H and O–H groups in total. The number of halogens is 1. The SMILES string of the molecule is O=C(Nc1cccc(-c2cnco2)c1)c1ccncc1F. The van der Waals surface area contributed by atoms with Crippen molar-refractivity contribution >= 4 is 11.6 Å². The minimum Gasteiger partial charge on any atom is -0.444 e. The molecule has 0 aliphatic carbocycles. The maximum atomic E-state index is 13.5. The Morgan fingerprint density at radius 2 is 2.10 bits per heavy atom. The van der Waals surface area contributed by atoms with Crippen molar-refractivity contribution in [3.63, 3.8) is 0 Å². The average molecular weight is 283 g/mol. The second-order valence-corrected chi connectivity index (χ2v) is 4.26. The third kappa shape index (κ3) is 2.79. The molecule has 0 unspecified atom stereocenters. The number of carbonyl (C=O) groups excluding carboxylic acids is 1. The van der Waals surface area contributed by atoms with Gasteiger partial charge in [-0.25, -0.2) is 9.37 Å². The van der Waals surface area contributed by atoms with Crippen LogP contribution in [0, 0.1) is 5.82 Å². The minimum absolute atomic E-state index is 0.0601. The monoisotopic (exact) mass is 283 g/mol. The van der Waals surface area contributed by atoms with Crippen LogP contribution in [0.4, 0.5) is 10.1 Å². The summed E-state index contributed by atoms with van der Waals surface area (Å²) < 4.78 is 18.7. The van der Waals surface area contributed by atoms with Gasteiger partial charge in [0.1, 0.15) is 0 Å². The van der Waals surface area contributed by atoms with E-state index in [0.717, 1.165) is 11.8 Å². The maximum Gasteiger partial charge on any atom is 0.258 e. The molecule has 0 radical (unpaired) electrons. The summed E-state index contributed by atoms with van der Waals surface area (Å²) in [6.45, 7) is 0. The van der Waals surface area contributed by atoms with Gasteiger partial charge in [-0.2, -0.15) is 0 Å². The number of anilines is 1. The minimum atomic E-state index is -0.665. The van der Waals surface area contributed by atoms with Crippen molar-refractivity contribution in [2.45, 2.75) is 0 Å². The molecule has 0 aliphatic rings. The standard InChI is InChI=1S/C15H10FN3O2/c16-13-7-17-5-4-12(13)15(20)19-11-3-1-2-10(6-11)14-8-18-9-21-14/h1-9H,(H,19,20). The first kappa shape index (κ1) is 13.0. The smallest absolute Gasteiger partial charge is 0.258 e. The van der Waals surface area contributed by atoms with Crippen LogP contribution in [0.25, 0.3) is 11.3 Å². The fourth-order valence-corrected chi connectivity index (χ4v) is 1.87. The van der Waals surface area contributed by atoms with Crippen LogP contribution in [0.5, 0.6) is 0 Å². The molecule has 3 aromatic rings. The van der Waals surface area contributed by atoms with Crippen molar-refractivity contribution in [1.29, 1.82) is 0 Å². The van der Waals surface area contributed by atoms with Gasteiger partial charge >= 0.3 is 0 Å². The van der Waals surface area contributed by atoms with E-state index in [9.17, 15) is 9.18 Å². The van der Waals surface area contributed by atoms with Crippen LogP contribution < -0.4 is 5.32 Å². The van der Waals surface area contributed by atoms with E-state index in [1.165, 1.54) is 18.7 Å². The van der Waals surface area contributed by atoms with E-state index in [4.69, 9.17) is 4.42 Å². The molecule has 104 valence electrons. The molecule has 1 amide bonds. The molecule has 2 aromatic heterocycles. The number of carbonyl (C=O) groups is 1. The van der Waals surface area contributed by atoms with Crippen molar-refractivity contribution < 1.29 is 13.6 Å².